The van der Waals surface area contributed by atoms with Crippen LogP contribution in [0.25, 0.3) is 5.57 Å². The summed E-state index contributed by atoms with van der Waals surface area (Å²) in [6.45, 7) is 4.51. The molecule has 0 aromatic heterocycles. The van der Waals surface area contributed by atoms with Crippen molar-refractivity contribution in [3.8, 4) is 5.75 Å². The number of benzene rings is 2. The van der Waals surface area contributed by atoms with E-state index < -0.39 is 0 Å². The molecule has 2 aromatic carbocycles. The number of Topliss-reactive ketones (excluding diaryl/α,β-unsaturated/α-hetero) is 1. The Morgan fingerprint density at radius 2 is 1.75 bits per heavy atom. The number of hydrogen-bond acceptors (Lipinski definition) is 2. The lowest BCUT2D eigenvalue weighted by molar-refractivity contribution is 0.0944. The maximum absolute atomic E-state index is 12.7. The minimum Gasteiger partial charge on any atom is -0.497 e. The van der Waals surface area contributed by atoms with Gasteiger partial charge in [0.15, 0.2) is 5.78 Å². The van der Waals surface area contributed by atoms with Gasteiger partial charge in [-0.15, -0.1) is 0 Å². The second-order valence-electron chi connectivity index (χ2n) is 7.13. The van der Waals surface area contributed by atoms with Crippen molar-refractivity contribution in [2.24, 2.45) is 11.3 Å². The summed E-state index contributed by atoms with van der Waals surface area (Å²) < 4.78 is 5.25. The average Bonchev–Trinajstić information content (AvgIpc) is 2.90. The van der Waals surface area contributed by atoms with Gasteiger partial charge in [-0.1, -0.05) is 62.4 Å². The van der Waals surface area contributed by atoms with Gasteiger partial charge in [0.1, 0.15) is 5.75 Å². The molecule has 1 unspecified atom stereocenters. The smallest absolute Gasteiger partial charge is 0.163 e. The summed E-state index contributed by atoms with van der Waals surface area (Å²) in [7, 11) is 1.67. The van der Waals surface area contributed by atoms with Crippen LogP contribution in [-0.4, -0.2) is 12.9 Å². The molecule has 0 fully saturated rings. The predicted octanol–water partition coefficient (Wildman–Crippen LogP) is 5.40. The third-order valence-electron chi connectivity index (χ3n) is 5.08. The Kier molecular flexibility index (Phi) is 4.57. The summed E-state index contributed by atoms with van der Waals surface area (Å²) in [5, 5.41) is 0. The van der Waals surface area contributed by atoms with Gasteiger partial charge in [0, 0.05) is 12.0 Å². The molecule has 0 N–H and O–H groups in total. The lowest BCUT2D eigenvalue weighted by Gasteiger charge is -2.29. The molecule has 24 heavy (non-hydrogen) atoms. The minimum absolute atomic E-state index is 0.0969. The molecule has 0 radical (unpaired) electrons. The molecule has 0 amide bonds. The van der Waals surface area contributed by atoms with Crippen LogP contribution in [-0.2, 0) is 0 Å². The van der Waals surface area contributed by atoms with Gasteiger partial charge in [-0.05, 0) is 41.0 Å². The lowest BCUT2D eigenvalue weighted by atomic mass is 9.74. The quantitative estimate of drug-likeness (QED) is 0.690. The zero-order valence-corrected chi connectivity index (χ0v) is 14.6. The minimum atomic E-state index is 0.0969. The van der Waals surface area contributed by atoms with Gasteiger partial charge < -0.3 is 4.74 Å². The van der Waals surface area contributed by atoms with Gasteiger partial charge in [0.2, 0.25) is 0 Å². The van der Waals surface area contributed by atoms with E-state index in [0.29, 0.717) is 6.42 Å². The average molecular weight is 320 g/mol. The summed E-state index contributed by atoms with van der Waals surface area (Å²) in [6.07, 6.45) is 3.85. The molecule has 0 aliphatic heterocycles. The third kappa shape index (κ3) is 3.28. The highest BCUT2D eigenvalue weighted by atomic mass is 16.5. The zero-order valence-electron chi connectivity index (χ0n) is 14.6. The molecule has 124 valence electrons. The van der Waals surface area contributed by atoms with Gasteiger partial charge in [-0.2, -0.15) is 0 Å². The monoisotopic (exact) mass is 320 g/mol. The first-order chi connectivity index (χ1) is 11.5. The molecule has 0 saturated carbocycles. The highest BCUT2D eigenvalue weighted by Crippen LogP contribution is 2.48. The van der Waals surface area contributed by atoms with E-state index in [4.69, 9.17) is 4.74 Å². The van der Waals surface area contributed by atoms with E-state index in [1.807, 2.05) is 42.5 Å². The number of hydrogen-bond donors (Lipinski definition) is 0. The van der Waals surface area contributed by atoms with Crippen molar-refractivity contribution in [3.05, 3.63) is 71.8 Å². The van der Waals surface area contributed by atoms with Crippen LogP contribution in [0.3, 0.4) is 0 Å². The number of rotatable bonds is 5. The summed E-state index contributed by atoms with van der Waals surface area (Å²) in [4.78, 5) is 12.7. The predicted molar refractivity (Wildman–Crippen MR) is 98.2 cm³/mol. The van der Waals surface area contributed by atoms with Crippen molar-refractivity contribution < 1.29 is 9.53 Å². The second kappa shape index (κ2) is 6.64. The van der Waals surface area contributed by atoms with Crippen molar-refractivity contribution in [1.82, 2.24) is 0 Å². The Morgan fingerprint density at radius 3 is 2.38 bits per heavy atom. The zero-order chi connectivity index (χ0) is 17.2. The first-order valence-electron chi connectivity index (χ1n) is 8.44. The van der Waals surface area contributed by atoms with Crippen LogP contribution < -0.4 is 4.74 Å². The fraction of sp³-hybridized carbons (Fsp3) is 0.318. The SMILES string of the molecule is COc1ccc(C2=CCC(C)(C)C2CC(=O)c2ccccc2)cc1. The fourth-order valence-corrected chi connectivity index (χ4v) is 3.49. The first kappa shape index (κ1) is 16.5. The Bertz CT molecular complexity index is 739. The standard InChI is InChI=1S/C22H24O2/c1-22(2)14-13-19(16-9-11-18(24-3)12-10-16)20(22)15-21(23)17-7-5-4-6-8-17/h4-13,20H,14-15H2,1-3H3. The maximum atomic E-state index is 12.7. The molecule has 0 saturated heterocycles. The van der Waals surface area contributed by atoms with Crippen LogP contribution in [0.5, 0.6) is 5.75 Å². The van der Waals surface area contributed by atoms with Crippen molar-refractivity contribution in [2.75, 3.05) is 7.11 Å². The number of allylic oxidation sites excluding steroid dienone is 2. The van der Waals surface area contributed by atoms with Crippen molar-refractivity contribution in [3.63, 3.8) is 0 Å². The molecule has 0 heterocycles. The van der Waals surface area contributed by atoms with Crippen LogP contribution in [0.4, 0.5) is 0 Å². The van der Waals surface area contributed by atoms with E-state index in [1.165, 1.54) is 11.1 Å². The molecule has 3 rings (SSSR count). The van der Waals surface area contributed by atoms with E-state index in [1.54, 1.807) is 7.11 Å². The fourth-order valence-electron chi connectivity index (χ4n) is 3.49. The van der Waals surface area contributed by atoms with Gasteiger partial charge >= 0.3 is 0 Å². The summed E-state index contributed by atoms with van der Waals surface area (Å²) in [5.41, 5.74) is 3.37. The summed E-state index contributed by atoms with van der Waals surface area (Å²) >= 11 is 0. The molecule has 2 heteroatoms. The van der Waals surface area contributed by atoms with Crippen LogP contribution in [0, 0.1) is 11.3 Å². The Hall–Kier alpha value is -2.35. The van der Waals surface area contributed by atoms with Crippen LogP contribution in [0.15, 0.2) is 60.7 Å². The van der Waals surface area contributed by atoms with Crippen molar-refractivity contribution in [2.45, 2.75) is 26.7 Å². The summed E-state index contributed by atoms with van der Waals surface area (Å²) in [6, 6.07) is 17.7. The molecule has 2 nitrogen and oxygen atoms in total. The first-order valence-corrected chi connectivity index (χ1v) is 8.44. The number of ether oxygens (including phenoxy) is 1. The van der Waals surface area contributed by atoms with Crippen LogP contribution in [0.1, 0.15) is 42.6 Å². The van der Waals surface area contributed by atoms with Crippen LogP contribution >= 0.6 is 0 Å². The summed E-state index contributed by atoms with van der Waals surface area (Å²) in [5.74, 6) is 1.31. The normalized spacial score (nSPS) is 19.0. The number of carbonyl (C=O) groups is 1. The molecule has 0 spiro atoms. The van der Waals surface area contributed by atoms with Gasteiger partial charge in [0.05, 0.1) is 7.11 Å². The molecule has 0 bridgehead atoms. The topological polar surface area (TPSA) is 26.3 Å². The molecule has 1 aliphatic rings. The molecular weight excluding hydrogens is 296 g/mol. The van der Waals surface area contributed by atoms with E-state index in [2.05, 4.69) is 32.1 Å². The van der Waals surface area contributed by atoms with Gasteiger partial charge in [-0.25, -0.2) is 0 Å². The van der Waals surface area contributed by atoms with Gasteiger partial charge in [0.25, 0.3) is 0 Å². The lowest BCUT2D eigenvalue weighted by Crippen LogP contribution is -2.23. The van der Waals surface area contributed by atoms with Gasteiger partial charge in [-0.3, -0.25) is 4.79 Å². The highest BCUT2D eigenvalue weighted by Gasteiger charge is 2.38. The Morgan fingerprint density at radius 1 is 1.08 bits per heavy atom. The Balaban J connectivity index is 1.85. The van der Waals surface area contributed by atoms with E-state index in [0.717, 1.165) is 17.7 Å². The number of ketones is 1. The Labute approximate surface area is 144 Å². The van der Waals surface area contributed by atoms with Crippen LogP contribution in [0.2, 0.25) is 0 Å². The third-order valence-corrected chi connectivity index (χ3v) is 5.08. The van der Waals surface area contributed by atoms with Crippen molar-refractivity contribution in [1.29, 1.82) is 0 Å². The number of carbonyl (C=O) groups excluding carboxylic acids is 1. The van der Waals surface area contributed by atoms with Crippen molar-refractivity contribution >= 4 is 11.4 Å². The van der Waals surface area contributed by atoms with E-state index in [9.17, 15) is 4.79 Å². The molecule has 1 aliphatic carbocycles. The van der Waals surface area contributed by atoms with E-state index in [-0.39, 0.29) is 17.1 Å². The molecular formula is C22H24O2. The number of methoxy groups -OCH3 is 1. The largest absolute Gasteiger partial charge is 0.497 e. The molecule has 1 atom stereocenters. The van der Waals surface area contributed by atoms with E-state index >= 15 is 0 Å². The molecule has 2 aromatic rings. The highest BCUT2D eigenvalue weighted by molar-refractivity contribution is 5.97. The second-order valence-corrected chi connectivity index (χ2v) is 7.13. The maximum Gasteiger partial charge on any atom is 0.163 e.